The zero-order chi connectivity index (χ0) is 42.9. The van der Waals surface area contributed by atoms with Crippen LogP contribution in [-0.4, -0.2) is 65.0 Å². The molecule has 6 aromatic rings. The number of ketones is 1. The van der Waals surface area contributed by atoms with Crippen molar-refractivity contribution in [3.8, 4) is 5.69 Å². The first-order valence-electron chi connectivity index (χ1n) is 19.1. The number of unbranched alkanes of at least 4 members (excludes halogenated alkanes) is 1. The number of nitrogens with one attached hydrogen (secondary N) is 2. The Kier molecular flexibility index (Phi) is 13.0. The standard InChI is InChI=1S/C44H39Cl4N5O6S/c1-3-4-17-52(23-26-11-15-37(46)38(47)18-26)44(57)41-40(48)25(2)53(50-41)39-16-13-28(19-35(39)42(55)32-9-5-8-29-22-49-30(24-54)20-33(29)32)43(56)51-60(58,59)31-14-12-27-7-6-10-36(45)34(27)21-31/h5-16,18-19,21,30,49,54H,3-4,17,20,22-24H2,1-2H3,(H,51,56). The Labute approximate surface area is 367 Å². The van der Waals surface area contributed by atoms with Crippen LogP contribution >= 0.6 is 46.4 Å². The second-order valence-electron chi connectivity index (χ2n) is 14.5. The third-order valence-electron chi connectivity index (χ3n) is 10.5. The van der Waals surface area contributed by atoms with Crippen molar-refractivity contribution in [3.05, 3.63) is 156 Å². The molecule has 16 heteroatoms. The van der Waals surface area contributed by atoms with E-state index in [4.69, 9.17) is 46.4 Å². The first-order valence-corrected chi connectivity index (χ1v) is 22.1. The van der Waals surface area contributed by atoms with Gasteiger partial charge in [0.25, 0.3) is 21.8 Å². The molecule has 2 heterocycles. The molecule has 1 unspecified atom stereocenters. The first-order chi connectivity index (χ1) is 28.7. The molecule has 310 valence electrons. The van der Waals surface area contributed by atoms with Gasteiger partial charge in [0.15, 0.2) is 11.5 Å². The maximum Gasteiger partial charge on any atom is 0.276 e. The van der Waals surface area contributed by atoms with Crippen molar-refractivity contribution in [1.29, 1.82) is 0 Å². The van der Waals surface area contributed by atoms with E-state index in [2.05, 4.69) is 15.1 Å². The number of rotatable bonds is 13. The Morgan fingerprint density at radius 2 is 1.70 bits per heavy atom. The summed E-state index contributed by atoms with van der Waals surface area (Å²) in [7, 11) is -4.41. The van der Waals surface area contributed by atoms with Gasteiger partial charge in [-0.05, 0) is 90.4 Å². The van der Waals surface area contributed by atoms with Crippen LogP contribution in [0.15, 0.2) is 95.9 Å². The molecule has 2 amide bonds. The summed E-state index contributed by atoms with van der Waals surface area (Å²) < 4.78 is 30.7. The van der Waals surface area contributed by atoms with Crippen LogP contribution in [0.2, 0.25) is 20.1 Å². The summed E-state index contributed by atoms with van der Waals surface area (Å²) in [5.74, 6) is -1.94. The zero-order valence-electron chi connectivity index (χ0n) is 32.4. The van der Waals surface area contributed by atoms with Crippen LogP contribution in [0.4, 0.5) is 0 Å². The van der Waals surface area contributed by atoms with Crippen LogP contribution in [0.1, 0.15) is 78.9 Å². The number of hydrogen-bond acceptors (Lipinski definition) is 8. The molecule has 3 N–H and O–H groups in total. The monoisotopic (exact) mass is 905 g/mol. The number of aliphatic hydroxyl groups is 1. The Bertz CT molecular complexity index is 2790. The third kappa shape index (κ3) is 8.82. The number of aliphatic hydroxyl groups excluding tert-OH is 1. The Morgan fingerprint density at radius 1 is 0.917 bits per heavy atom. The van der Waals surface area contributed by atoms with E-state index in [1.807, 2.05) is 13.0 Å². The molecule has 11 nitrogen and oxygen atoms in total. The molecule has 1 aromatic heterocycles. The largest absolute Gasteiger partial charge is 0.395 e. The van der Waals surface area contributed by atoms with E-state index in [9.17, 15) is 27.9 Å². The van der Waals surface area contributed by atoms with E-state index in [0.717, 1.165) is 28.5 Å². The zero-order valence-corrected chi connectivity index (χ0v) is 36.3. The summed E-state index contributed by atoms with van der Waals surface area (Å²) in [5, 5.41) is 20.3. The van der Waals surface area contributed by atoms with Crippen molar-refractivity contribution >= 4 is 84.8 Å². The lowest BCUT2D eigenvalue weighted by atomic mass is 9.87. The van der Waals surface area contributed by atoms with Crippen molar-refractivity contribution in [2.45, 2.75) is 57.1 Å². The van der Waals surface area contributed by atoms with Gasteiger partial charge in [0, 0.05) is 52.8 Å². The van der Waals surface area contributed by atoms with Crippen LogP contribution in [0.5, 0.6) is 0 Å². The van der Waals surface area contributed by atoms with Crippen LogP contribution in [0, 0.1) is 6.92 Å². The number of carbonyl (C=O) groups is 3. The SMILES string of the molecule is CCCCN(Cc1ccc(Cl)c(Cl)c1)C(=O)c1nn(-c2ccc(C(=O)NS(=O)(=O)c3ccc4cccc(Cl)c4c3)cc2C(=O)c2cccc3c2CC(CO)NC3)c(C)c1Cl. The Hall–Kier alpha value is -4.79. The average molecular weight is 908 g/mol. The summed E-state index contributed by atoms with van der Waals surface area (Å²) in [5.41, 5.74) is 2.99. The predicted octanol–water partition coefficient (Wildman–Crippen LogP) is 8.75. The van der Waals surface area contributed by atoms with Gasteiger partial charge in [0.2, 0.25) is 0 Å². The highest BCUT2D eigenvalue weighted by Crippen LogP contribution is 2.32. The van der Waals surface area contributed by atoms with Gasteiger partial charge in [-0.2, -0.15) is 5.10 Å². The average Bonchev–Trinajstić information content (AvgIpc) is 3.54. The molecule has 0 fully saturated rings. The molecule has 0 saturated carbocycles. The second kappa shape index (κ2) is 18.1. The highest BCUT2D eigenvalue weighted by molar-refractivity contribution is 7.90. The van der Waals surface area contributed by atoms with Gasteiger partial charge in [0.1, 0.15) is 0 Å². The van der Waals surface area contributed by atoms with Crippen molar-refractivity contribution in [2.24, 2.45) is 0 Å². The fourth-order valence-electron chi connectivity index (χ4n) is 7.23. The number of halogens is 4. The number of benzene rings is 5. The van der Waals surface area contributed by atoms with Crippen LogP contribution in [-0.2, 0) is 29.5 Å². The predicted molar refractivity (Wildman–Crippen MR) is 234 cm³/mol. The molecule has 5 aromatic carbocycles. The molecular weight excluding hydrogens is 868 g/mol. The van der Waals surface area contributed by atoms with Crippen molar-refractivity contribution in [3.63, 3.8) is 0 Å². The molecule has 60 heavy (non-hydrogen) atoms. The molecule has 7 rings (SSSR count). The molecule has 1 aliphatic heterocycles. The number of aromatic nitrogens is 2. The van der Waals surface area contributed by atoms with Gasteiger partial charge in [-0.15, -0.1) is 0 Å². The molecule has 0 radical (unpaired) electrons. The number of sulfonamides is 1. The summed E-state index contributed by atoms with van der Waals surface area (Å²) in [6, 6.07) is 23.8. The Morgan fingerprint density at radius 3 is 2.45 bits per heavy atom. The lowest BCUT2D eigenvalue weighted by Gasteiger charge is -2.26. The molecule has 1 atom stereocenters. The summed E-state index contributed by atoms with van der Waals surface area (Å²) in [6.07, 6.45) is 1.87. The molecular formula is C44H39Cl4N5O6S. The summed E-state index contributed by atoms with van der Waals surface area (Å²) in [6.45, 7) is 4.52. The Balaban J connectivity index is 1.30. The van der Waals surface area contributed by atoms with Gasteiger partial charge in [-0.3, -0.25) is 14.4 Å². The molecule has 1 aliphatic rings. The highest BCUT2D eigenvalue weighted by atomic mass is 35.5. The minimum atomic E-state index is -4.41. The van der Waals surface area contributed by atoms with E-state index in [-0.39, 0.29) is 51.6 Å². The third-order valence-corrected chi connectivity index (χ3v) is 13.4. The van der Waals surface area contributed by atoms with Crippen LogP contribution < -0.4 is 10.0 Å². The van der Waals surface area contributed by atoms with E-state index < -0.39 is 27.6 Å². The van der Waals surface area contributed by atoms with Gasteiger partial charge in [-0.1, -0.05) is 102 Å². The number of amides is 2. The fraction of sp³-hybridized carbons (Fsp3) is 0.227. The van der Waals surface area contributed by atoms with E-state index in [1.54, 1.807) is 66.4 Å². The second-order valence-corrected chi connectivity index (χ2v) is 17.8. The summed E-state index contributed by atoms with van der Waals surface area (Å²) in [4.78, 5) is 44.4. The number of fused-ring (bicyclic) bond motifs is 2. The lowest BCUT2D eigenvalue weighted by Crippen LogP contribution is -2.39. The van der Waals surface area contributed by atoms with E-state index >= 15 is 0 Å². The number of hydrogen-bond donors (Lipinski definition) is 3. The van der Waals surface area contributed by atoms with Crippen molar-refractivity contribution < 1.29 is 27.9 Å². The van der Waals surface area contributed by atoms with E-state index in [1.165, 1.54) is 35.0 Å². The van der Waals surface area contributed by atoms with Crippen LogP contribution in [0.3, 0.4) is 0 Å². The van der Waals surface area contributed by atoms with E-state index in [0.29, 0.717) is 57.6 Å². The lowest BCUT2D eigenvalue weighted by molar-refractivity contribution is 0.0734. The molecule has 0 spiro atoms. The molecule has 0 aliphatic carbocycles. The normalized spacial score (nSPS) is 13.9. The summed E-state index contributed by atoms with van der Waals surface area (Å²) >= 11 is 25.7. The minimum Gasteiger partial charge on any atom is -0.395 e. The van der Waals surface area contributed by atoms with Crippen LogP contribution in [0.25, 0.3) is 16.5 Å². The van der Waals surface area contributed by atoms with Gasteiger partial charge in [-0.25, -0.2) is 17.8 Å². The van der Waals surface area contributed by atoms with Gasteiger partial charge in [0.05, 0.1) is 38.0 Å². The first kappa shape index (κ1) is 43.3. The minimum absolute atomic E-state index is 0.00933. The smallest absolute Gasteiger partial charge is 0.276 e. The maximum atomic E-state index is 14.8. The fourth-order valence-corrected chi connectivity index (χ4v) is 8.99. The highest BCUT2D eigenvalue weighted by Gasteiger charge is 2.30. The van der Waals surface area contributed by atoms with Gasteiger partial charge >= 0.3 is 0 Å². The quantitative estimate of drug-likeness (QED) is 0.0975. The van der Waals surface area contributed by atoms with Gasteiger partial charge < -0.3 is 15.3 Å². The number of nitrogens with zero attached hydrogens (tertiary/aromatic N) is 3. The molecule has 0 bridgehead atoms. The van der Waals surface area contributed by atoms with Crippen molar-refractivity contribution in [2.75, 3.05) is 13.2 Å². The number of carbonyl (C=O) groups excluding carboxylic acids is 3. The maximum absolute atomic E-state index is 14.8. The van der Waals surface area contributed by atoms with Crippen molar-refractivity contribution in [1.82, 2.24) is 24.7 Å². The molecule has 0 saturated heterocycles. The topological polar surface area (TPSA) is 151 Å².